The monoisotopic (exact) mass is 287 g/mol. The quantitative estimate of drug-likeness (QED) is 0.934. The molecule has 4 heteroatoms. The second kappa shape index (κ2) is 5.53. The minimum atomic E-state index is -0.876. The number of aromatic nitrogens is 1. The van der Waals surface area contributed by atoms with Gasteiger partial charge < -0.3 is 14.4 Å². The molecule has 21 heavy (non-hydrogen) atoms. The minimum Gasteiger partial charge on any atom is -0.477 e. The lowest BCUT2D eigenvalue weighted by Crippen LogP contribution is -2.19. The summed E-state index contributed by atoms with van der Waals surface area (Å²) in [5, 5.41) is 10.5. The molecule has 1 aromatic carbocycles. The van der Waals surface area contributed by atoms with Crippen molar-refractivity contribution in [1.29, 1.82) is 0 Å². The van der Waals surface area contributed by atoms with Gasteiger partial charge in [0.1, 0.15) is 5.69 Å². The van der Waals surface area contributed by atoms with Crippen LogP contribution >= 0.6 is 0 Å². The predicted octanol–water partition coefficient (Wildman–Crippen LogP) is 3.64. The van der Waals surface area contributed by atoms with Gasteiger partial charge in [0.15, 0.2) is 0 Å². The van der Waals surface area contributed by atoms with E-state index in [0.717, 1.165) is 30.4 Å². The summed E-state index contributed by atoms with van der Waals surface area (Å²) in [6, 6.07) is 7.85. The average molecular weight is 287 g/mol. The van der Waals surface area contributed by atoms with Crippen LogP contribution < -0.4 is 0 Å². The Balaban J connectivity index is 2.16. The van der Waals surface area contributed by atoms with E-state index in [1.807, 2.05) is 16.7 Å². The molecule has 0 amide bonds. The van der Waals surface area contributed by atoms with E-state index in [0.29, 0.717) is 18.2 Å². The molecule has 1 atom stereocenters. The van der Waals surface area contributed by atoms with Crippen LogP contribution in [0.25, 0.3) is 10.9 Å². The van der Waals surface area contributed by atoms with Crippen LogP contribution in [0.15, 0.2) is 24.3 Å². The van der Waals surface area contributed by atoms with Crippen molar-refractivity contribution in [1.82, 2.24) is 4.57 Å². The molecule has 1 unspecified atom stereocenters. The van der Waals surface area contributed by atoms with Gasteiger partial charge in [-0.05, 0) is 30.4 Å². The van der Waals surface area contributed by atoms with E-state index in [1.54, 1.807) is 6.07 Å². The maximum atomic E-state index is 11.6. The number of ether oxygens (including phenoxy) is 1. The van der Waals surface area contributed by atoms with Gasteiger partial charge in [0, 0.05) is 18.5 Å². The van der Waals surface area contributed by atoms with Crippen molar-refractivity contribution < 1.29 is 14.6 Å². The summed E-state index contributed by atoms with van der Waals surface area (Å²) in [4.78, 5) is 11.6. The number of carboxylic acid groups (broad SMARTS) is 1. The zero-order chi connectivity index (χ0) is 15.0. The molecule has 0 saturated carbocycles. The fourth-order valence-electron chi connectivity index (χ4n) is 3.18. The van der Waals surface area contributed by atoms with Gasteiger partial charge in [-0.2, -0.15) is 0 Å². The molecule has 0 aliphatic carbocycles. The van der Waals surface area contributed by atoms with Crippen LogP contribution in [0.2, 0.25) is 0 Å². The molecule has 112 valence electrons. The van der Waals surface area contributed by atoms with Gasteiger partial charge in [-0.1, -0.05) is 32.0 Å². The second-order valence-electron chi connectivity index (χ2n) is 6.02. The first kappa shape index (κ1) is 14.1. The fraction of sp³-hybridized carbons (Fsp3) is 0.471. The van der Waals surface area contributed by atoms with E-state index in [9.17, 15) is 9.90 Å². The molecule has 1 fully saturated rings. The number of para-hydroxylation sites is 1. The molecule has 4 nitrogen and oxygen atoms in total. The Bertz CT molecular complexity index is 666. The van der Waals surface area contributed by atoms with Crippen LogP contribution in [-0.4, -0.2) is 28.4 Å². The molecule has 0 bridgehead atoms. The van der Waals surface area contributed by atoms with Gasteiger partial charge in [0.05, 0.1) is 11.6 Å². The zero-order valence-electron chi connectivity index (χ0n) is 12.5. The van der Waals surface area contributed by atoms with Crippen LogP contribution in [0.5, 0.6) is 0 Å². The van der Waals surface area contributed by atoms with Gasteiger partial charge >= 0.3 is 5.97 Å². The number of carboxylic acids is 1. The Morgan fingerprint density at radius 2 is 2.29 bits per heavy atom. The highest BCUT2D eigenvalue weighted by molar-refractivity contribution is 5.96. The van der Waals surface area contributed by atoms with E-state index in [4.69, 9.17) is 4.74 Å². The molecule has 1 aromatic heterocycles. The summed E-state index contributed by atoms with van der Waals surface area (Å²) >= 11 is 0. The summed E-state index contributed by atoms with van der Waals surface area (Å²) in [6.45, 7) is 5.68. The van der Waals surface area contributed by atoms with Crippen molar-refractivity contribution in [3.63, 3.8) is 0 Å². The van der Waals surface area contributed by atoms with Crippen LogP contribution in [0.1, 0.15) is 48.7 Å². The van der Waals surface area contributed by atoms with Crippen LogP contribution in [0.4, 0.5) is 0 Å². The van der Waals surface area contributed by atoms with Crippen molar-refractivity contribution in [3.8, 4) is 0 Å². The lowest BCUT2D eigenvalue weighted by Gasteiger charge is -2.17. The smallest absolute Gasteiger partial charge is 0.352 e. The maximum absolute atomic E-state index is 11.6. The number of benzene rings is 1. The Morgan fingerprint density at radius 1 is 1.48 bits per heavy atom. The first-order valence-corrected chi connectivity index (χ1v) is 7.55. The summed E-state index contributed by atoms with van der Waals surface area (Å²) in [5.41, 5.74) is 2.59. The fourth-order valence-corrected chi connectivity index (χ4v) is 3.18. The van der Waals surface area contributed by atoms with Crippen LogP contribution in [0, 0.1) is 0 Å². The molecule has 1 aliphatic heterocycles. The molecule has 0 spiro atoms. The first-order valence-electron chi connectivity index (χ1n) is 7.55. The summed E-state index contributed by atoms with van der Waals surface area (Å²) < 4.78 is 7.63. The van der Waals surface area contributed by atoms with Gasteiger partial charge in [0.2, 0.25) is 0 Å². The zero-order valence-corrected chi connectivity index (χ0v) is 12.5. The molecular formula is C17H21NO3. The highest BCUT2D eigenvalue weighted by atomic mass is 16.5. The van der Waals surface area contributed by atoms with Crippen LogP contribution in [-0.2, 0) is 11.3 Å². The maximum Gasteiger partial charge on any atom is 0.352 e. The Morgan fingerprint density at radius 3 is 2.90 bits per heavy atom. The number of carbonyl (C=O) groups is 1. The van der Waals surface area contributed by atoms with Gasteiger partial charge in [-0.25, -0.2) is 4.79 Å². The lowest BCUT2D eigenvalue weighted by molar-refractivity contribution is 0.0672. The minimum absolute atomic E-state index is 0.124. The molecule has 1 aliphatic rings. The first-order chi connectivity index (χ1) is 10.1. The largest absolute Gasteiger partial charge is 0.477 e. The number of fused-ring (bicyclic) bond motifs is 1. The van der Waals surface area contributed by atoms with E-state index >= 15 is 0 Å². The third-order valence-electron chi connectivity index (χ3n) is 4.20. The summed E-state index contributed by atoms with van der Waals surface area (Å²) in [6.07, 6.45) is 2.19. The number of aromatic carboxylic acids is 1. The number of hydrogen-bond acceptors (Lipinski definition) is 2. The van der Waals surface area contributed by atoms with Gasteiger partial charge in [-0.15, -0.1) is 0 Å². The molecule has 3 rings (SSSR count). The topological polar surface area (TPSA) is 51.5 Å². The number of nitrogens with zero attached hydrogens (tertiary/aromatic N) is 1. The van der Waals surface area contributed by atoms with E-state index < -0.39 is 5.97 Å². The number of hydrogen-bond donors (Lipinski definition) is 1. The second-order valence-corrected chi connectivity index (χ2v) is 6.02. The average Bonchev–Trinajstić information content (AvgIpc) is 3.07. The van der Waals surface area contributed by atoms with Crippen LogP contribution in [0.3, 0.4) is 0 Å². The van der Waals surface area contributed by atoms with Gasteiger partial charge in [0.25, 0.3) is 0 Å². The van der Waals surface area contributed by atoms with Crippen molar-refractivity contribution in [2.45, 2.75) is 45.3 Å². The van der Waals surface area contributed by atoms with Crippen molar-refractivity contribution in [2.75, 3.05) is 6.61 Å². The van der Waals surface area contributed by atoms with Crippen molar-refractivity contribution >= 4 is 16.9 Å². The van der Waals surface area contributed by atoms with Crippen molar-refractivity contribution in [3.05, 3.63) is 35.5 Å². The van der Waals surface area contributed by atoms with E-state index in [1.165, 1.54) is 5.56 Å². The third kappa shape index (κ3) is 2.56. The van der Waals surface area contributed by atoms with E-state index in [2.05, 4.69) is 19.9 Å². The summed E-state index contributed by atoms with van der Waals surface area (Å²) in [5.74, 6) is -0.521. The SMILES string of the molecule is CC(C)c1cccc2cc(C(=O)O)n(CC3CCCO3)c12. The highest BCUT2D eigenvalue weighted by Gasteiger charge is 2.23. The molecule has 0 radical (unpaired) electrons. The molecule has 1 saturated heterocycles. The Labute approximate surface area is 124 Å². The molecule has 2 aromatic rings. The normalized spacial score (nSPS) is 18.7. The van der Waals surface area contributed by atoms with Gasteiger partial charge in [-0.3, -0.25) is 0 Å². The molecular weight excluding hydrogens is 266 g/mol. The lowest BCUT2D eigenvalue weighted by atomic mass is 10.0. The standard InChI is InChI=1S/C17H21NO3/c1-11(2)14-7-3-5-12-9-15(17(19)20)18(16(12)14)10-13-6-4-8-21-13/h3,5,7,9,11,13H,4,6,8,10H2,1-2H3,(H,19,20). The Kier molecular flexibility index (Phi) is 3.72. The predicted molar refractivity (Wildman–Crippen MR) is 82.0 cm³/mol. The third-order valence-corrected chi connectivity index (χ3v) is 4.20. The van der Waals surface area contributed by atoms with E-state index in [-0.39, 0.29) is 6.10 Å². The summed E-state index contributed by atoms with van der Waals surface area (Å²) in [7, 11) is 0. The number of rotatable bonds is 4. The highest BCUT2D eigenvalue weighted by Crippen LogP contribution is 2.30. The molecule has 2 heterocycles. The molecule has 1 N–H and O–H groups in total. The van der Waals surface area contributed by atoms with Crippen molar-refractivity contribution in [2.24, 2.45) is 0 Å². The Hall–Kier alpha value is -1.81.